The topological polar surface area (TPSA) is 49.3 Å². The maximum Gasteiger partial charge on any atom is 0.490 e. The molecule has 14 heavy (non-hydrogen) atoms. The smallest absolute Gasteiger partial charge is 0.475 e. The van der Waals surface area contributed by atoms with Crippen LogP contribution in [0.15, 0.2) is 0 Å². The van der Waals surface area contributed by atoms with Crippen molar-refractivity contribution in [2.45, 2.75) is 12.6 Å². The molecule has 0 atom stereocenters. The quantitative estimate of drug-likeness (QED) is 0.652. The minimum absolute atomic E-state index is 0.361. The molecule has 0 spiro atoms. The molecule has 1 heterocycles. The Labute approximate surface area is 75.9 Å². The van der Waals surface area contributed by atoms with E-state index in [0.29, 0.717) is 13.1 Å². The number of halogens is 5. The van der Waals surface area contributed by atoms with Crippen molar-refractivity contribution in [2.24, 2.45) is 5.92 Å². The number of rotatable bonds is 1. The van der Waals surface area contributed by atoms with Gasteiger partial charge in [0.2, 0.25) is 6.43 Å². The van der Waals surface area contributed by atoms with Gasteiger partial charge in [-0.1, -0.05) is 0 Å². The molecule has 0 aromatic rings. The van der Waals surface area contributed by atoms with Crippen LogP contribution in [-0.4, -0.2) is 36.8 Å². The molecule has 0 unspecified atom stereocenters. The summed E-state index contributed by atoms with van der Waals surface area (Å²) in [5.41, 5.74) is 0. The first kappa shape index (κ1) is 13.1. The van der Waals surface area contributed by atoms with Gasteiger partial charge in [0.1, 0.15) is 0 Å². The van der Waals surface area contributed by atoms with Crippen LogP contribution in [0.4, 0.5) is 22.0 Å². The highest BCUT2D eigenvalue weighted by Crippen LogP contribution is 2.13. The SMILES string of the molecule is FC(F)C1CNC1.O=C(O)C(F)(F)F. The number of aliphatic carboxylic acids is 1. The standard InChI is InChI=1S/C4H7F2N.C2HF3O2/c5-4(6)3-1-7-2-3;3-2(4,5)1(6)7/h3-4,7H,1-2H2;(H,6,7). The molecule has 0 saturated carbocycles. The van der Waals surface area contributed by atoms with Gasteiger partial charge in [0, 0.05) is 19.0 Å². The van der Waals surface area contributed by atoms with Crippen LogP contribution in [-0.2, 0) is 4.79 Å². The second-order valence-corrected chi connectivity index (χ2v) is 2.56. The van der Waals surface area contributed by atoms with Crippen molar-refractivity contribution < 1.29 is 31.9 Å². The van der Waals surface area contributed by atoms with Crippen LogP contribution in [0.1, 0.15) is 0 Å². The Bertz CT molecular complexity index is 189. The number of carboxylic acid groups (broad SMARTS) is 1. The summed E-state index contributed by atoms with van der Waals surface area (Å²) in [7, 11) is 0. The summed E-state index contributed by atoms with van der Waals surface area (Å²) in [6.45, 7) is 0.995. The van der Waals surface area contributed by atoms with E-state index >= 15 is 0 Å². The van der Waals surface area contributed by atoms with Gasteiger partial charge in [-0.3, -0.25) is 0 Å². The fourth-order valence-electron chi connectivity index (χ4n) is 0.489. The van der Waals surface area contributed by atoms with Crippen LogP contribution in [0.25, 0.3) is 0 Å². The number of carboxylic acids is 1. The van der Waals surface area contributed by atoms with Crippen molar-refractivity contribution in [1.29, 1.82) is 0 Å². The molecule has 8 heteroatoms. The lowest BCUT2D eigenvalue weighted by Crippen LogP contribution is -2.45. The molecule has 0 aromatic carbocycles. The Kier molecular flexibility index (Phi) is 4.75. The second kappa shape index (κ2) is 5.08. The zero-order chi connectivity index (χ0) is 11.4. The third kappa shape index (κ3) is 4.95. The average molecular weight is 221 g/mol. The van der Waals surface area contributed by atoms with Crippen molar-refractivity contribution in [3.05, 3.63) is 0 Å². The van der Waals surface area contributed by atoms with E-state index in [1.807, 2.05) is 0 Å². The number of carbonyl (C=O) groups is 1. The van der Waals surface area contributed by atoms with Gasteiger partial charge < -0.3 is 10.4 Å². The zero-order valence-electron chi connectivity index (χ0n) is 6.81. The number of alkyl halides is 5. The van der Waals surface area contributed by atoms with Gasteiger partial charge in [-0.15, -0.1) is 0 Å². The van der Waals surface area contributed by atoms with Crippen LogP contribution in [0.2, 0.25) is 0 Å². The van der Waals surface area contributed by atoms with Gasteiger partial charge in [0.25, 0.3) is 0 Å². The largest absolute Gasteiger partial charge is 0.490 e. The molecular weight excluding hydrogens is 213 g/mol. The minimum Gasteiger partial charge on any atom is -0.475 e. The molecule has 1 aliphatic rings. The highest BCUT2D eigenvalue weighted by molar-refractivity contribution is 5.73. The second-order valence-electron chi connectivity index (χ2n) is 2.56. The number of hydrogen-bond acceptors (Lipinski definition) is 2. The van der Waals surface area contributed by atoms with Gasteiger partial charge >= 0.3 is 12.1 Å². The van der Waals surface area contributed by atoms with E-state index in [1.54, 1.807) is 0 Å². The van der Waals surface area contributed by atoms with Crippen molar-refractivity contribution in [1.82, 2.24) is 5.32 Å². The molecule has 1 aliphatic heterocycles. The van der Waals surface area contributed by atoms with Crippen molar-refractivity contribution in [2.75, 3.05) is 13.1 Å². The third-order valence-electron chi connectivity index (χ3n) is 1.41. The molecule has 0 aliphatic carbocycles. The van der Waals surface area contributed by atoms with E-state index in [2.05, 4.69) is 5.32 Å². The lowest BCUT2D eigenvalue weighted by Gasteiger charge is -2.25. The first-order valence-corrected chi connectivity index (χ1v) is 3.54. The monoisotopic (exact) mass is 221 g/mol. The molecule has 2 N–H and O–H groups in total. The summed E-state index contributed by atoms with van der Waals surface area (Å²) in [5, 5.41) is 9.89. The first-order valence-electron chi connectivity index (χ1n) is 3.54. The van der Waals surface area contributed by atoms with E-state index in [1.165, 1.54) is 0 Å². The molecule has 0 aromatic heterocycles. The lowest BCUT2D eigenvalue weighted by atomic mass is 10.1. The maximum atomic E-state index is 11.4. The lowest BCUT2D eigenvalue weighted by molar-refractivity contribution is -0.192. The summed E-state index contributed by atoms with van der Waals surface area (Å²) in [6.07, 6.45) is -7.19. The Morgan fingerprint density at radius 1 is 1.36 bits per heavy atom. The highest BCUT2D eigenvalue weighted by atomic mass is 19.4. The zero-order valence-corrected chi connectivity index (χ0v) is 6.81. The molecule has 1 fully saturated rings. The van der Waals surface area contributed by atoms with Crippen LogP contribution in [0.5, 0.6) is 0 Å². The molecule has 3 nitrogen and oxygen atoms in total. The molecule has 1 saturated heterocycles. The Morgan fingerprint density at radius 3 is 1.71 bits per heavy atom. The minimum atomic E-state index is -5.08. The van der Waals surface area contributed by atoms with E-state index < -0.39 is 18.6 Å². The molecule has 84 valence electrons. The summed E-state index contributed by atoms with van der Waals surface area (Å²) >= 11 is 0. The summed E-state index contributed by atoms with van der Waals surface area (Å²) in [5.74, 6) is -3.12. The fraction of sp³-hybridized carbons (Fsp3) is 0.833. The molecule has 0 bridgehead atoms. The average Bonchev–Trinajstić information content (AvgIpc) is 1.79. The van der Waals surface area contributed by atoms with Gasteiger partial charge in [-0.25, -0.2) is 13.6 Å². The molecule has 1 rings (SSSR count). The van der Waals surface area contributed by atoms with Crippen LogP contribution in [0, 0.1) is 5.92 Å². The molecule has 0 radical (unpaired) electrons. The first-order chi connectivity index (χ1) is 6.25. The van der Waals surface area contributed by atoms with E-state index in [4.69, 9.17) is 9.90 Å². The van der Waals surface area contributed by atoms with Crippen molar-refractivity contribution in [3.8, 4) is 0 Å². The molecular formula is C6H8F5NO2. The maximum absolute atomic E-state index is 11.4. The van der Waals surface area contributed by atoms with E-state index in [0.717, 1.165) is 0 Å². The highest BCUT2D eigenvalue weighted by Gasteiger charge is 2.38. The Balaban J connectivity index is 0.000000241. The normalized spacial score (nSPS) is 17.0. The summed E-state index contributed by atoms with van der Waals surface area (Å²) in [6, 6.07) is 0. The van der Waals surface area contributed by atoms with E-state index in [9.17, 15) is 22.0 Å². The predicted molar refractivity (Wildman–Crippen MR) is 36.1 cm³/mol. The summed E-state index contributed by atoms with van der Waals surface area (Å²) < 4.78 is 54.6. The van der Waals surface area contributed by atoms with Crippen LogP contribution >= 0.6 is 0 Å². The van der Waals surface area contributed by atoms with Gasteiger partial charge in [-0.2, -0.15) is 13.2 Å². The third-order valence-corrected chi connectivity index (χ3v) is 1.41. The van der Waals surface area contributed by atoms with Crippen molar-refractivity contribution in [3.63, 3.8) is 0 Å². The predicted octanol–water partition coefficient (Wildman–Crippen LogP) is 1.10. The van der Waals surface area contributed by atoms with E-state index in [-0.39, 0.29) is 5.92 Å². The molecule has 0 amide bonds. The van der Waals surface area contributed by atoms with Gasteiger partial charge in [0.15, 0.2) is 0 Å². The van der Waals surface area contributed by atoms with Crippen molar-refractivity contribution >= 4 is 5.97 Å². The fourth-order valence-corrected chi connectivity index (χ4v) is 0.489. The van der Waals surface area contributed by atoms with Gasteiger partial charge in [0.05, 0.1) is 0 Å². The van der Waals surface area contributed by atoms with Crippen LogP contribution < -0.4 is 5.32 Å². The Hall–Kier alpha value is -0.920. The van der Waals surface area contributed by atoms with Gasteiger partial charge in [-0.05, 0) is 0 Å². The summed E-state index contributed by atoms with van der Waals surface area (Å²) in [4.78, 5) is 8.90. The Morgan fingerprint density at radius 2 is 1.71 bits per heavy atom. The number of nitrogens with one attached hydrogen (secondary N) is 1. The van der Waals surface area contributed by atoms with Crippen LogP contribution in [0.3, 0.4) is 0 Å². The number of hydrogen-bond donors (Lipinski definition) is 2.